The average molecular weight is 340 g/mol. The molecule has 1 amide bonds. The van der Waals surface area contributed by atoms with Crippen molar-refractivity contribution < 1.29 is 4.79 Å². The van der Waals surface area contributed by atoms with Crippen LogP contribution in [0.5, 0.6) is 0 Å². The fourth-order valence-corrected chi connectivity index (χ4v) is 2.95. The highest BCUT2D eigenvalue weighted by atomic mass is 32.1. The summed E-state index contributed by atoms with van der Waals surface area (Å²) in [6.07, 6.45) is 3.02. The first kappa shape index (κ1) is 17.7. The minimum Gasteiger partial charge on any atom is -0.337 e. The summed E-state index contributed by atoms with van der Waals surface area (Å²) in [5.74, 6) is -0.422. The first-order chi connectivity index (χ1) is 11.6. The highest BCUT2D eigenvalue weighted by Gasteiger charge is 2.14. The van der Waals surface area contributed by atoms with Crippen LogP contribution in [0.25, 0.3) is 0 Å². The molecule has 0 fully saturated rings. The van der Waals surface area contributed by atoms with E-state index in [1.807, 2.05) is 50.4 Å². The van der Waals surface area contributed by atoms with Gasteiger partial charge in [0.2, 0.25) is 0 Å². The zero-order valence-electron chi connectivity index (χ0n) is 14.0. The highest BCUT2D eigenvalue weighted by Crippen LogP contribution is 2.23. The second-order valence-corrected chi connectivity index (χ2v) is 6.08. The number of hydrogen-bond donors (Lipinski definition) is 2. The summed E-state index contributed by atoms with van der Waals surface area (Å²) in [4.78, 5) is 16.7. The van der Waals surface area contributed by atoms with Crippen molar-refractivity contribution in [3.05, 3.63) is 52.2 Å². The number of carbonyl (C=O) groups is 1. The molecule has 124 valence electrons. The number of nitrogens with zero attached hydrogens (tertiary/aromatic N) is 2. The number of thiazole rings is 1. The van der Waals surface area contributed by atoms with Gasteiger partial charge < -0.3 is 10.6 Å². The van der Waals surface area contributed by atoms with Gasteiger partial charge in [0.1, 0.15) is 11.6 Å². The van der Waals surface area contributed by atoms with Crippen molar-refractivity contribution in [2.75, 3.05) is 10.6 Å². The number of benzene rings is 1. The molecule has 0 aliphatic carbocycles. The predicted octanol–water partition coefficient (Wildman–Crippen LogP) is 4.03. The molecule has 0 saturated heterocycles. The molecule has 0 unspecified atom stereocenters. The molecule has 2 N–H and O–H groups in total. The third-order valence-electron chi connectivity index (χ3n) is 3.56. The number of hydrogen-bond acceptors (Lipinski definition) is 5. The Labute approximate surface area is 146 Å². The Hall–Kier alpha value is -2.65. The van der Waals surface area contributed by atoms with E-state index in [0.29, 0.717) is 5.13 Å². The summed E-state index contributed by atoms with van der Waals surface area (Å²) in [6, 6.07) is 7.90. The van der Waals surface area contributed by atoms with Crippen molar-refractivity contribution >= 4 is 28.1 Å². The van der Waals surface area contributed by atoms with Crippen LogP contribution >= 0.6 is 11.3 Å². The molecule has 24 heavy (non-hydrogen) atoms. The molecule has 1 aromatic heterocycles. The molecule has 1 heterocycles. The van der Waals surface area contributed by atoms with E-state index in [1.54, 1.807) is 0 Å². The van der Waals surface area contributed by atoms with Gasteiger partial charge in [-0.25, -0.2) is 4.98 Å². The zero-order valence-corrected chi connectivity index (χ0v) is 14.8. The standard InChI is InChI=1S/C18H20N4OS/c1-4-13-7-6-8-14(5-2)16(13)22-17(23)15(9-19)10-20-18-21-12(3)11-24-18/h6-8,10-11H,4-5H2,1-3H3,(H,20,21)(H,22,23)/b15-10-. The van der Waals surface area contributed by atoms with Crippen molar-refractivity contribution in [1.29, 1.82) is 5.26 Å². The van der Waals surface area contributed by atoms with E-state index in [9.17, 15) is 10.1 Å². The molecule has 1 aromatic carbocycles. The van der Waals surface area contributed by atoms with Crippen LogP contribution in [0, 0.1) is 18.3 Å². The fourth-order valence-electron chi connectivity index (χ4n) is 2.29. The normalized spacial score (nSPS) is 11.0. The predicted molar refractivity (Wildman–Crippen MR) is 98.0 cm³/mol. The summed E-state index contributed by atoms with van der Waals surface area (Å²) in [6.45, 7) is 5.97. The summed E-state index contributed by atoms with van der Waals surface area (Å²) < 4.78 is 0. The van der Waals surface area contributed by atoms with Crippen LogP contribution in [0.4, 0.5) is 10.8 Å². The molecule has 0 radical (unpaired) electrons. The van der Waals surface area contributed by atoms with Gasteiger partial charge in [-0.05, 0) is 30.9 Å². The molecule has 0 aliphatic rings. The van der Waals surface area contributed by atoms with Crippen LogP contribution < -0.4 is 10.6 Å². The monoisotopic (exact) mass is 340 g/mol. The lowest BCUT2D eigenvalue weighted by molar-refractivity contribution is -0.112. The topological polar surface area (TPSA) is 77.8 Å². The van der Waals surface area contributed by atoms with E-state index in [1.165, 1.54) is 17.5 Å². The van der Waals surface area contributed by atoms with E-state index in [2.05, 4.69) is 15.6 Å². The summed E-state index contributed by atoms with van der Waals surface area (Å²) in [7, 11) is 0. The van der Waals surface area contributed by atoms with Gasteiger partial charge in [-0.3, -0.25) is 4.79 Å². The van der Waals surface area contributed by atoms with Crippen molar-refractivity contribution in [3.63, 3.8) is 0 Å². The first-order valence-corrected chi connectivity index (χ1v) is 8.68. The van der Waals surface area contributed by atoms with Crippen molar-refractivity contribution in [1.82, 2.24) is 4.98 Å². The maximum Gasteiger partial charge on any atom is 0.267 e. The van der Waals surface area contributed by atoms with Gasteiger partial charge in [-0.1, -0.05) is 32.0 Å². The first-order valence-electron chi connectivity index (χ1n) is 7.80. The molecule has 0 spiro atoms. The lowest BCUT2D eigenvalue weighted by Crippen LogP contribution is -2.17. The van der Waals surface area contributed by atoms with Gasteiger partial charge in [0.25, 0.3) is 5.91 Å². The van der Waals surface area contributed by atoms with Gasteiger partial charge in [0.05, 0.1) is 5.69 Å². The van der Waals surface area contributed by atoms with E-state index >= 15 is 0 Å². The van der Waals surface area contributed by atoms with E-state index in [4.69, 9.17) is 0 Å². The number of anilines is 2. The van der Waals surface area contributed by atoms with Crippen LogP contribution in [-0.2, 0) is 17.6 Å². The molecule has 0 atom stereocenters. The number of para-hydroxylation sites is 1. The molecule has 0 saturated carbocycles. The Morgan fingerprint density at radius 3 is 2.50 bits per heavy atom. The fraction of sp³-hybridized carbons (Fsp3) is 0.278. The van der Waals surface area contributed by atoms with Crippen molar-refractivity contribution in [2.24, 2.45) is 0 Å². The molecule has 6 heteroatoms. The minimum absolute atomic E-state index is 0.0100. The smallest absolute Gasteiger partial charge is 0.267 e. The Kier molecular flexibility index (Phi) is 6.10. The Bertz CT molecular complexity index is 779. The third kappa shape index (κ3) is 4.21. The summed E-state index contributed by atoms with van der Waals surface area (Å²) >= 11 is 1.42. The van der Waals surface area contributed by atoms with E-state index in [-0.39, 0.29) is 5.57 Å². The number of carbonyl (C=O) groups excluding carboxylic acids is 1. The number of aromatic nitrogens is 1. The lowest BCUT2D eigenvalue weighted by Gasteiger charge is -2.14. The van der Waals surface area contributed by atoms with Crippen LogP contribution in [0.3, 0.4) is 0 Å². The number of aryl methyl sites for hydroxylation is 3. The number of amides is 1. The SMILES string of the molecule is CCc1cccc(CC)c1NC(=O)/C(C#N)=C\Nc1nc(C)cs1. The molecular formula is C18H20N4OS. The molecule has 2 aromatic rings. The number of rotatable bonds is 6. The van der Waals surface area contributed by atoms with Crippen LogP contribution in [0.1, 0.15) is 30.7 Å². The highest BCUT2D eigenvalue weighted by molar-refractivity contribution is 7.13. The lowest BCUT2D eigenvalue weighted by atomic mass is 10.0. The van der Waals surface area contributed by atoms with Gasteiger partial charge in [0, 0.05) is 17.3 Å². The quantitative estimate of drug-likeness (QED) is 0.614. The van der Waals surface area contributed by atoms with Gasteiger partial charge >= 0.3 is 0 Å². The van der Waals surface area contributed by atoms with Crippen LogP contribution in [0.15, 0.2) is 35.4 Å². The Balaban J connectivity index is 2.20. The zero-order chi connectivity index (χ0) is 17.5. The Morgan fingerprint density at radius 1 is 1.33 bits per heavy atom. The van der Waals surface area contributed by atoms with Gasteiger partial charge in [-0.2, -0.15) is 5.26 Å². The van der Waals surface area contributed by atoms with Crippen LogP contribution in [-0.4, -0.2) is 10.9 Å². The summed E-state index contributed by atoms with van der Waals surface area (Å²) in [5.41, 5.74) is 3.82. The molecule has 0 aliphatic heterocycles. The third-order valence-corrected chi connectivity index (χ3v) is 4.45. The molecular weight excluding hydrogens is 320 g/mol. The minimum atomic E-state index is -0.422. The van der Waals surface area contributed by atoms with E-state index in [0.717, 1.165) is 35.3 Å². The Morgan fingerprint density at radius 2 is 2.00 bits per heavy atom. The maximum absolute atomic E-state index is 12.4. The maximum atomic E-state index is 12.4. The van der Waals surface area contributed by atoms with Crippen molar-refractivity contribution in [3.8, 4) is 6.07 Å². The second kappa shape index (κ2) is 8.27. The summed E-state index contributed by atoms with van der Waals surface area (Å²) in [5, 5.41) is 17.6. The largest absolute Gasteiger partial charge is 0.337 e. The molecule has 0 bridgehead atoms. The van der Waals surface area contributed by atoms with Crippen molar-refractivity contribution in [2.45, 2.75) is 33.6 Å². The van der Waals surface area contributed by atoms with Gasteiger partial charge in [-0.15, -0.1) is 11.3 Å². The second-order valence-electron chi connectivity index (χ2n) is 5.22. The average Bonchev–Trinajstić information content (AvgIpc) is 3.01. The van der Waals surface area contributed by atoms with E-state index < -0.39 is 5.91 Å². The molecule has 2 rings (SSSR count). The van der Waals surface area contributed by atoms with Crippen LogP contribution in [0.2, 0.25) is 0 Å². The number of nitrogens with one attached hydrogen (secondary N) is 2. The van der Waals surface area contributed by atoms with Gasteiger partial charge in [0.15, 0.2) is 5.13 Å². The molecule has 5 nitrogen and oxygen atoms in total. The number of nitriles is 1.